The first-order valence-corrected chi connectivity index (χ1v) is 10.8. The second kappa shape index (κ2) is 10.7. The Morgan fingerprint density at radius 2 is 1.57 bits per heavy atom. The summed E-state index contributed by atoms with van der Waals surface area (Å²) < 4.78 is 16.1. The van der Waals surface area contributed by atoms with Crippen LogP contribution in [0.1, 0.15) is 15.9 Å². The number of aromatic amines is 1. The van der Waals surface area contributed by atoms with Gasteiger partial charge in [0.2, 0.25) is 5.95 Å². The fraction of sp³-hybridized carbons (Fsp3) is 0.120. The lowest BCUT2D eigenvalue weighted by Crippen LogP contribution is -2.20. The van der Waals surface area contributed by atoms with Crippen molar-refractivity contribution in [1.82, 2.24) is 15.2 Å². The molecule has 0 radical (unpaired) electrons. The van der Waals surface area contributed by atoms with Gasteiger partial charge in [0.25, 0.3) is 5.91 Å². The van der Waals surface area contributed by atoms with Crippen LogP contribution >= 0.6 is 11.6 Å². The van der Waals surface area contributed by atoms with E-state index in [1.54, 1.807) is 73.8 Å². The first kappa shape index (κ1) is 23.8. The van der Waals surface area contributed by atoms with Crippen molar-refractivity contribution < 1.29 is 23.8 Å². The highest BCUT2D eigenvalue weighted by Gasteiger charge is 2.14. The number of hydrogen-bond donors (Lipinski definition) is 2. The van der Waals surface area contributed by atoms with Gasteiger partial charge in [0.1, 0.15) is 17.2 Å². The molecule has 0 spiro atoms. The van der Waals surface area contributed by atoms with Gasteiger partial charge in [0.05, 0.1) is 19.8 Å². The van der Waals surface area contributed by atoms with Gasteiger partial charge in [-0.25, -0.2) is 0 Å². The molecule has 1 aromatic heterocycles. The molecule has 0 atom stereocenters. The van der Waals surface area contributed by atoms with Crippen LogP contribution < -0.4 is 19.5 Å². The lowest BCUT2D eigenvalue weighted by Gasteiger charge is -2.08. The minimum Gasteiger partial charge on any atom is -0.497 e. The van der Waals surface area contributed by atoms with Gasteiger partial charge in [-0.3, -0.25) is 20.0 Å². The van der Waals surface area contributed by atoms with E-state index in [0.717, 1.165) is 0 Å². The molecule has 0 bridgehead atoms. The van der Waals surface area contributed by atoms with E-state index >= 15 is 0 Å². The molecule has 0 saturated heterocycles. The summed E-state index contributed by atoms with van der Waals surface area (Å²) in [7, 11) is 3.10. The molecule has 0 aliphatic carbocycles. The third-order valence-electron chi connectivity index (χ3n) is 4.99. The highest BCUT2D eigenvalue weighted by Crippen LogP contribution is 2.31. The molecule has 1 amide bonds. The van der Waals surface area contributed by atoms with Crippen LogP contribution in [0.2, 0.25) is 5.02 Å². The van der Waals surface area contributed by atoms with Crippen molar-refractivity contribution in [3.63, 3.8) is 0 Å². The van der Waals surface area contributed by atoms with Crippen molar-refractivity contribution >= 4 is 29.2 Å². The summed E-state index contributed by atoms with van der Waals surface area (Å²) in [6.07, 6.45) is 0. The summed E-state index contributed by atoms with van der Waals surface area (Å²) in [4.78, 5) is 29.1. The van der Waals surface area contributed by atoms with Crippen LogP contribution in [0.5, 0.6) is 17.2 Å². The number of carbonyl (C=O) groups excluding carboxylic acids is 2. The molecule has 0 aliphatic heterocycles. The Kier molecular flexibility index (Phi) is 7.27. The van der Waals surface area contributed by atoms with E-state index in [1.165, 1.54) is 7.11 Å². The van der Waals surface area contributed by atoms with Crippen molar-refractivity contribution in [2.24, 2.45) is 0 Å². The molecule has 4 aromatic rings. The van der Waals surface area contributed by atoms with E-state index in [0.29, 0.717) is 44.8 Å². The number of anilines is 1. The van der Waals surface area contributed by atoms with Gasteiger partial charge >= 0.3 is 0 Å². The Hall–Kier alpha value is -4.37. The maximum Gasteiger partial charge on any atom is 0.264 e. The van der Waals surface area contributed by atoms with Crippen LogP contribution in [-0.4, -0.2) is 47.7 Å². The average molecular weight is 493 g/mol. The molecular weight excluding hydrogens is 472 g/mol. The quantitative estimate of drug-likeness (QED) is 0.333. The number of halogens is 1. The van der Waals surface area contributed by atoms with Gasteiger partial charge in [-0.15, -0.1) is 5.10 Å². The van der Waals surface area contributed by atoms with Gasteiger partial charge in [-0.1, -0.05) is 11.6 Å². The van der Waals surface area contributed by atoms with E-state index in [-0.39, 0.29) is 18.3 Å². The normalized spacial score (nSPS) is 10.5. The number of aromatic nitrogens is 3. The van der Waals surface area contributed by atoms with Gasteiger partial charge < -0.3 is 14.2 Å². The van der Waals surface area contributed by atoms with Crippen molar-refractivity contribution in [1.29, 1.82) is 0 Å². The van der Waals surface area contributed by atoms with Gasteiger partial charge in [0.15, 0.2) is 18.2 Å². The van der Waals surface area contributed by atoms with Crippen molar-refractivity contribution in [2.75, 3.05) is 26.1 Å². The third-order valence-corrected chi connectivity index (χ3v) is 5.25. The Bertz CT molecular complexity index is 1340. The van der Waals surface area contributed by atoms with E-state index in [1.807, 2.05) is 0 Å². The molecule has 0 saturated carbocycles. The topological polar surface area (TPSA) is 115 Å². The van der Waals surface area contributed by atoms with Gasteiger partial charge in [-0.05, 0) is 60.7 Å². The summed E-state index contributed by atoms with van der Waals surface area (Å²) in [5.41, 5.74) is 1.68. The Balaban J connectivity index is 1.33. The summed E-state index contributed by atoms with van der Waals surface area (Å²) >= 11 is 5.87. The summed E-state index contributed by atoms with van der Waals surface area (Å²) in [5.74, 6) is 1.54. The molecule has 9 nitrogen and oxygen atoms in total. The van der Waals surface area contributed by atoms with Crippen LogP contribution in [-0.2, 0) is 4.79 Å². The number of nitrogens with zero attached hydrogens (tertiary/aromatic N) is 2. The fourth-order valence-corrected chi connectivity index (χ4v) is 3.34. The second-order valence-corrected chi connectivity index (χ2v) is 7.71. The molecule has 1 heterocycles. The minimum atomic E-state index is -0.446. The Morgan fingerprint density at radius 1 is 0.914 bits per heavy atom. The number of rotatable bonds is 9. The number of hydrogen-bond acceptors (Lipinski definition) is 7. The highest BCUT2D eigenvalue weighted by atomic mass is 35.5. The standard InChI is InChI=1S/C25H21ClN4O5/c1-33-19-11-12-20(21(13-19)34-2)24-28-25(30-29-24)27-22(31)14-35-18-9-5-16(6-10-18)23(32)15-3-7-17(26)8-4-15/h3-13H,14H2,1-2H3,(H2,27,28,29,30,31). The largest absolute Gasteiger partial charge is 0.497 e. The number of methoxy groups -OCH3 is 2. The lowest BCUT2D eigenvalue weighted by atomic mass is 10.0. The van der Waals surface area contributed by atoms with Crippen molar-refractivity contribution in [3.05, 3.63) is 82.9 Å². The fourth-order valence-electron chi connectivity index (χ4n) is 3.21. The summed E-state index contributed by atoms with van der Waals surface area (Å²) in [6, 6.07) is 18.4. The molecule has 35 heavy (non-hydrogen) atoms. The SMILES string of the molecule is COc1ccc(-c2nc(NC(=O)COc3ccc(C(=O)c4ccc(Cl)cc4)cc3)n[nH]2)c(OC)c1. The Morgan fingerprint density at radius 3 is 2.23 bits per heavy atom. The van der Waals surface area contributed by atoms with E-state index in [4.69, 9.17) is 25.8 Å². The number of benzene rings is 3. The first-order valence-electron chi connectivity index (χ1n) is 10.4. The number of carbonyl (C=O) groups is 2. The average Bonchev–Trinajstić information content (AvgIpc) is 3.35. The smallest absolute Gasteiger partial charge is 0.264 e. The number of nitrogens with one attached hydrogen (secondary N) is 2. The predicted molar refractivity (Wildman–Crippen MR) is 130 cm³/mol. The number of amides is 1. The van der Waals surface area contributed by atoms with Crippen molar-refractivity contribution in [2.45, 2.75) is 0 Å². The van der Waals surface area contributed by atoms with E-state index < -0.39 is 5.91 Å². The number of H-pyrrole nitrogens is 1. The maximum absolute atomic E-state index is 12.5. The zero-order valence-corrected chi connectivity index (χ0v) is 19.6. The Labute approximate surface area is 206 Å². The molecule has 4 rings (SSSR count). The lowest BCUT2D eigenvalue weighted by molar-refractivity contribution is -0.118. The minimum absolute atomic E-state index is 0.0929. The van der Waals surface area contributed by atoms with E-state index in [9.17, 15) is 9.59 Å². The molecular formula is C25H21ClN4O5. The molecule has 10 heteroatoms. The molecule has 3 aromatic carbocycles. The van der Waals surface area contributed by atoms with Crippen molar-refractivity contribution in [3.8, 4) is 28.6 Å². The van der Waals surface area contributed by atoms with Crippen LogP contribution in [0, 0.1) is 0 Å². The maximum atomic E-state index is 12.5. The summed E-state index contributed by atoms with van der Waals surface area (Å²) in [5, 5.41) is 9.92. The molecule has 0 fully saturated rings. The number of ketones is 1. The number of ether oxygens (including phenoxy) is 3. The van der Waals surface area contributed by atoms with Crippen LogP contribution in [0.15, 0.2) is 66.7 Å². The van der Waals surface area contributed by atoms with Crippen LogP contribution in [0.3, 0.4) is 0 Å². The molecule has 2 N–H and O–H groups in total. The van der Waals surface area contributed by atoms with Gasteiger partial charge in [-0.2, -0.15) is 4.98 Å². The zero-order valence-electron chi connectivity index (χ0n) is 18.9. The first-order chi connectivity index (χ1) is 17.0. The van der Waals surface area contributed by atoms with Gasteiger partial charge in [0, 0.05) is 22.2 Å². The monoisotopic (exact) mass is 492 g/mol. The molecule has 0 aliphatic rings. The third kappa shape index (κ3) is 5.77. The van der Waals surface area contributed by atoms with Crippen LogP contribution in [0.25, 0.3) is 11.4 Å². The zero-order chi connectivity index (χ0) is 24.8. The van der Waals surface area contributed by atoms with E-state index in [2.05, 4.69) is 20.5 Å². The molecule has 0 unspecified atom stereocenters. The summed E-state index contributed by atoms with van der Waals surface area (Å²) in [6.45, 7) is -0.264. The predicted octanol–water partition coefficient (Wildman–Crippen LogP) is 4.39. The molecule has 178 valence electrons. The second-order valence-electron chi connectivity index (χ2n) is 7.27. The highest BCUT2D eigenvalue weighted by molar-refractivity contribution is 6.30. The van der Waals surface area contributed by atoms with Crippen LogP contribution in [0.4, 0.5) is 5.95 Å².